The number of rotatable bonds is 17. The van der Waals surface area contributed by atoms with Gasteiger partial charge in [0.05, 0.1) is 54.9 Å². The first-order valence-corrected chi connectivity index (χ1v) is 24.9. The van der Waals surface area contributed by atoms with Crippen LogP contribution in [0.2, 0.25) is 18.6 Å². The number of benzene rings is 4. The SMILES string of the molecule is CCOc1ccc2c(c1)CC(NCCCCO)C(=O)N2c1ccc2c(c1)[C@@]1(O[C@H](CCn3cc(C(CO)c4ccccc4)nn3)[C@@H]([Si](C)(C)O)[C@@H]1C)C(=O)N2Cc1ccccc1. The molecule has 5 aromatic rings. The highest BCUT2D eigenvalue weighted by molar-refractivity contribution is 6.71. The number of aryl methyl sites for hydroxylation is 1. The summed E-state index contributed by atoms with van der Waals surface area (Å²) in [5.41, 5.74) is 4.46. The van der Waals surface area contributed by atoms with Crippen LogP contribution in [-0.4, -0.2) is 88.6 Å². The number of carbonyl (C=O) groups excluding carboxylic acids is 2. The Bertz CT molecular complexity index is 2360. The molecule has 0 radical (unpaired) electrons. The van der Waals surface area contributed by atoms with E-state index in [1.807, 2.05) is 130 Å². The largest absolute Gasteiger partial charge is 0.494 e. The van der Waals surface area contributed by atoms with Gasteiger partial charge in [-0.25, -0.2) is 0 Å². The predicted octanol–water partition coefficient (Wildman–Crippen LogP) is 6.19. The van der Waals surface area contributed by atoms with Gasteiger partial charge in [-0.15, -0.1) is 5.10 Å². The van der Waals surface area contributed by atoms with Crippen molar-refractivity contribution in [2.45, 2.75) is 94.9 Å². The molecule has 326 valence electrons. The molecule has 0 bridgehead atoms. The molecule has 2 unspecified atom stereocenters. The van der Waals surface area contributed by atoms with Gasteiger partial charge in [0.15, 0.2) is 13.9 Å². The second kappa shape index (κ2) is 18.2. The maximum absolute atomic E-state index is 15.4. The van der Waals surface area contributed by atoms with E-state index >= 15 is 4.79 Å². The molecule has 4 aromatic carbocycles. The Morgan fingerprint density at radius 3 is 2.42 bits per heavy atom. The van der Waals surface area contributed by atoms with Gasteiger partial charge >= 0.3 is 0 Å². The Labute approximate surface area is 364 Å². The number of amides is 2. The van der Waals surface area contributed by atoms with Crippen molar-refractivity contribution in [1.29, 1.82) is 0 Å². The van der Waals surface area contributed by atoms with Crippen molar-refractivity contribution in [3.63, 3.8) is 0 Å². The topological polar surface area (TPSA) is 163 Å². The van der Waals surface area contributed by atoms with Crippen molar-refractivity contribution in [1.82, 2.24) is 20.3 Å². The van der Waals surface area contributed by atoms with Crippen LogP contribution in [0, 0.1) is 5.92 Å². The second-order valence-electron chi connectivity index (χ2n) is 17.3. The van der Waals surface area contributed by atoms with Gasteiger partial charge in [0.1, 0.15) is 5.75 Å². The van der Waals surface area contributed by atoms with Crippen molar-refractivity contribution < 1.29 is 34.1 Å². The minimum atomic E-state index is -3.01. The standard InChI is InChI=1S/C48H58N6O7Si/c1-5-60-37-19-21-42-35(26-37)27-40(49-23-12-13-25-55)46(57)54(42)36-18-20-43-39(28-36)48(47(58)53(43)29-33-14-8-6-9-15-33)32(2)45(62(3,4)59)44(61-48)22-24-52-30-41(50-51-52)38(31-56)34-16-10-7-11-17-34/h6-11,14-21,26,28,30,32,38,40,44-45,49,55-56,59H,5,12-13,22-25,27,29,31H2,1-4H3/t32-,38?,40?,44+,45-,48+/m0/s1. The molecule has 6 atom stereocenters. The maximum atomic E-state index is 15.4. The van der Waals surface area contributed by atoms with E-state index in [-0.39, 0.29) is 36.5 Å². The third-order valence-electron chi connectivity index (χ3n) is 12.9. The number of aliphatic hydroxyl groups excluding tert-OH is 2. The fourth-order valence-electron chi connectivity index (χ4n) is 10.0. The van der Waals surface area contributed by atoms with E-state index in [1.165, 1.54) is 0 Å². The number of hydrogen-bond acceptors (Lipinski definition) is 10. The molecule has 14 heteroatoms. The van der Waals surface area contributed by atoms with Gasteiger partial charge < -0.3 is 34.7 Å². The summed E-state index contributed by atoms with van der Waals surface area (Å²) in [5.74, 6) is -0.342. The zero-order valence-corrected chi connectivity index (χ0v) is 37.0. The van der Waals surface area contributed by atoms with E-state index in [4.69, 9.17) is 9.47 Å². The number of hydrogen-bond donors (Lipinski definition) is 4. The number of nitrogens with one attached hydrogen (secondary N) is 1. The molecule has 1 aromatic heterocycles. The van der Waals surface area contributed by atoms with Crippen molar-refractivity contribution in [2.75, 3.05) is 36.2 Å². The Balaban J connectivity index is 1.18. The van der Waals surface area contributed by atoms with E-state index < -0.39 is 32.0 Å². The Hall–Kier alpha value is -5.22. The van der Waals surface area contributed by atoms with Gasteiger partial charge in [-0.1, -0.05) is 72.8 Å². The van der Waals surface area contributed by atoms with Crippen molar-refractivity contribution in [3.8, 4) is 5.75 Å². The molecule has 3 aliphatic rings. The number of aromatic nitrogens is 3. The number of fused-ring (bicyclic) bond motifs is 3. The third-order valence-corrected chi connectivity index (χ3v) is 15.4. The summed E-state index contributed by atoms with van der Waals surface area (Å²) in [6.07, 6.45) is 3.63. The smallest absolute Gasteiger partial charge is 0.264 e. The average Bonchev–Trinajstić information content (AvgIpc) is 3.92. The number of ether oxygens (including phenoxy) is 2. The highest BCUT2D eigenvalue weighted by atomic mass is 28.4. The predicted molar refractivity (Wildman–Crippen MR) is 240 cm³/mol. The lowest BCUT2D eigenvalue weighted by molar-refractivity contribution is -0.146. The van der Waals surface area contributed by atoms with Crippen LogP contribution in [0.15, 0.2) is 103 Å². The first-order chi connectivity index (χ1) is 30.0. The van der Waals surface area contributed by atoms with Crippen LogP contribution in [0.5, 0.6) is 5.75 Å². The zero-order chi connectivity index (χ0) is 43.6. The van der Waals surface area contributed by atoms with E-state index in [0.29, 0.717) is 68.1 Å². The molecule has 0 saturated carbocycles. The summed E-state index contributed by atoms with van der Waals surface area (Å²) in [7, 11) is -3.01. The molecular weight excluding hydrogens is 801 g/mol. The highest BCUT2D eigenvalue weighted by Crippen LogP contribution is 2.60. The van der Waals surface area contributed by atoms with Gasteiger partial charge in [-0.2, -0.15) is 0 Å². The molecule has 1 saturated heterocycles. The molecule has 3 aliphatic heterocycles. The summed E-state index contributed by atoms with van der Waals surface area (Å²) in [6, 6.07) is 30.7. The Morgan fingerprint density at radius 1 is 0.968 bits per heavy atom. The van der Waals surface area contributed by atoms with E-state index in [2.05, 4.69) is 15.6 Å². The highest BCUT2D eigenvalue weighted by Gasteiger charge is 2.66. The molecule has 0 aliphatic carbocycles. The minimum Gasteiger partial charge on any atom is -0.494 e. The molecular formula is C48H58N6O7Si. The second-order valence-corrected chi connectivity index (χ2v) is 21.3. The number of unbranched alkanes of at least 4 members (excludes halogenated alkanes) is 1. The normalized spacial score (nSPS) is 22.6. The van der Waals surface area contributed by atoms with Crippen molar-refractivity contribution in [3.05, 3.63) is 131 Å². The first-order valence-electron chi connectivity index (χ1n) is 21.9. The quantitative estimate of drug-likeness (QED) is 0.0627. The molecule has 1 fully saturated rings. The maximum Gasteiger partial charge on any atom is 0.264 e. The molecule has 13 nitrogen and oxygen atoms in total. The first kappa shape index (κ1) is 43.4. The lowest BCUT2D eigenvalue weighted by Crippen LogP contribution is -2.49. The molecule has 62 heavy (non-hydrogen) atoms. The van der Waals surface area contributed by atoms with Gasteiger partial charge in [0, 0.05) is 42.1 Å². The van der Waals surface area contributed by atoms with Crippen LogP contribution < -0.4 is 19.9 Å². The number of aliphatic hydroxyl groups is 2. The van der Waals surface area contributed by atoms with Gasteiger partial charge in [-0.05, 0) is 105 Å². The van der Waals surface area contributed by atoms with Crippen LogP contribution >= 0.6 is 0 Å². The monoisotopic (exact) mass is 858 g/mol. The Kier molecular flexibility index (Phi) is 12.8. The average molecular weight is 859 g/mol. The Morgan fingerprint density at radius 2 is 1.71 bits per heavy atom. The van der Waals surface area contributed by atoms with E-state index in [9.17, 15) is 19.8 Å². The number of nitrogens with zero attached hydrogens (tertiary/aromatic N) is 5. The van der Waals surface area contributed by atoms with Crippen LogP contribution in [0.25, 0.3) is 0 Å². The summed E-state index contributed by atoms with van der Waals surface area (Å²) in [6.45, 7) is 9.58. The van der Waals surface area contributed by atoms with Crippen LogP contribution in [0.1, 0.15) is 67.0 Å². The lowest BCUT2D eigenvalue weighted by atomic mass is 9.82. The van der Waals surface area contributed by atoms with Gasteiger partial charge in [0.2, 0.25) is 5.91 Å². The minimum absolute atomic E-state index is 0.0865. The zero-order valence-electron chi connectivity index (χ0n) is 36.0. The lowest BCUT2D eigenvalue weighted by Gasteiger charge is -2.36. The van der Waals surface area contributed by atoms with E-state index in [0.717, 1.165) is 34.5 Å². The summed E-state index contributed by atoms with van der Waals surface area (Å²) in [5, 5.41) is 32.0. The molecule has 4 N–H and O–H groups in total. The third kappa shape index (κ3) is 8.23. The van der Waals surface area contributed by atoms with Gasteiger partial charge in [0.25, 0.3) is 5.91 Å². The van der Waals surface area contributed by atoms with Gasteiger partial charge in [-0.3, -0.25) is 19.2 Å². The summed E-state index contributed by atoms with van der Waals surface area (Å²) < 4.78 is 14.9. The summed E-state index contributed by atoms with van der Waals surface area (Å²) in [4.78, 5) is 45.6. The summed E-state index contributed by atoms with van der Waals surface area (Å²) >= 11 is 0. The molecule has 1 spiro atoms. The molecule has 8 rings (SSSR count). The van der Waals surface area contributed by atoms with Crippen LogP contribution in [-0.2, 0) is 39.4 Å². The molecule has 2 amide bonds. The fourth-order valence-corrected chi connectivity index (χ4v) is 12.6. The van der Waals surface area contributed by atoms with Crippen molar-refractivity contribution in [2.24, 2.45) is 5.92 Å². The van der Waals surface area contributed by atoms with Crippen LogP contribution in [0.3, 0.4) is 0 Å². The van der Waals surface area contributed by atoms with Crippen LogP contribution in [0.4, 0.5) is 17.1 Å². The number of carbonyl (C=O) groups is 2. The molecule has 4 heterocycles. The van der Waals surface area contributed by atoms with E-state index in [1.54, 1.807) is 14.5 Å². The number of anilines is 3. The fraction of sp³-hybridized carbons (Fsp3) is 0.417. The van der Waals surface area contributed by atoms with Crippen molar-refractivity contribution >= 4 is 37.2 Å².